The molecule has 0 radical (unpaired) electrons. The lowest BCUT2D eigenvalue weighted by molar-refractivity contribution is -0.0305. The number of nitrogens with zero attached hydrogens (tertiary/aromatic N) is 1. The first-order valence-corrected chi connectivity index (χ1v) is 8.29. The Morgan fingerprint density at radius 1 is 1.21 bits per heavy atom. The highest BCUT2D eigenvalue weighted by Gasteiger charge is 2.36. The second kappa shape index (κ2) is 6.11. The van der Waals surface area contributed by atoms with Gasteiger partial charge in [0.2, 0.25) is 0 Å². The number of nitrogens with one attached hydrogen (secondary N) is 1. The van der Waals surface area contributed by atoms with Crippen molar-refractivity contribution >= 4 is 0 Å². The van der Waals surface area contributed by atoms with Gasteiger partial charge in [-0.2, -0.15) is 0 Å². The lowest BCUT2D eigenvalue weighted by Gasteiger charge is -2.43. The number of hydrogen-bond donors (Lipinski definition) is 1. The van der Waals surface area contributed by atoms with Gasteiger partial charge in [0, 0.05) is 31.2 Å². The molecule has 2 saturated heterocycles. The van der Waals surface area contributed by atoms with Crippen LogP contribution in [0.1, 0.15) is 45.4 Å². The van der Waals surface area contributed by atoms with Crippen LogP contribution >= 0.6 is 0 Å². The zero-order valence-electron chi connectivity index (χ0n) is 12.5. The van der Waals surface area contributed by atoms with Gasteiger partial charge < -0.3 is 15.0 Å². The van der Waals surface area contributed by atoms with Crippen LogP contribution in [-0.2, 0) is 4.74 Å². The van der Waals surface area contributed by atoms with Gasteiger partial charge in [0.1, 0.15) is 0 Å². The second-order valence-corrected chi connectivity index (χ2v) is 7.27. The van der Waals surface area contributed by atoms with Gasteiger partial charge in [0.25, 0.3) is 0 Å². The predicted octanol–water partition coefficient (Wildman–Crippen LogP) is 2.27. The van der Waals surface area contributed by atoms with Gasteiger partial charge in [-0.1, -0.05) is 6.92 Å². The normalized spacial score (nSPS) is 34.6. The van der Waals surface area contributed by atoms with E-state index in [1.54, 1.807) is 0 Å². The van der Waals surface area contributed by atoms with Crippen molar-refractivity contribution in [1.82, 2.24) is 10.2 Å². The monoisotopic (exact) mass is 266 g/mol. The van der Waals surface area contributed by atoms with E-state index in [0.717, 1.165) is 25.2 Å². The van der Waals surface area contributed by atoms with Crippen LogP contribution in [-0.4, -0.2) is 50.3 Å². The van der Waals surface area contributed by atoms with Crippen LogP contribution in [0.25, 0.3) is 0 Å². The molecule has 2 heterocycles. The van der Waals surface area contributed by atoms with Crippen LogP contribution in [0, 0.1) is 11.3 Å². The van der Waals surface area contributed by atoms with Crippen LogP contribution in [0.3, 0.4) is 0 Å². The predicted molar refractivity (Wildman–Crippen MR) is 78.3 cm³/mol. The molecule has 0 aromatic heterocycles. The van der Waals surface area contributed by atoms with Gasteiger partial charge in [-0.15, -0.1) is 0 Å². The molecule has 0 spiro atoms. The van der Waals surface area contributed by atoms with Crippen molar-refractivity contribution in [2.45, 2.75) is 51.5 Å². The molecular formula is C16H30N2O. The van der Waals surface area contributed by atoms with Gasteiger partial charge in [-0.05, 0) is 57.5 Å². The molecule has 0 bridgehead atoms. The van der Waals surface area contributed by atoms with Crippen LogP contribution < -0.4 is 5.32 Å². The van der Waals surface area contributed by atoms with Crippen LogP contribution in [0.15, 0.2) is 0 Å². The molecule has 3 nitrogen and oxygen atoms in total. The average Bonchev–Trinajstić information content (AvgIpc) is 3.25. The largest absolute Gasteiger partial charge is 0.381 e. The summed E-state index contributed by atoms with van der Waals surface area (Å²) >= 11 is 0. The zero-order valence-corrected chi connectivity index (χ0v) is 12.5. The van der Waals surface area contributed by atoms with E-state index in [0.29, 0.717) is 5.41 Å². The number of hydrogen-bond acceptors (Lipinski definition) is 3. The van der Waals surface area contributed by atoms with Crippen molar-refractivity contribution in [3.63, 3.8) is 0 Å². The van der Waals surface area contributed by atoms with E-state index in [4.69, 9.17) is 4.74 Å². The fraction of sp³-hybridized carbons (Fsp3) is 1.00. The molecule has 110 valence electrons. The lowest BCUT2D eigenvalue weighted by Crippen LogP contribution is -2.50. The van der Waals surface area contributed by atoms with Crippen LogP contribution in [0.5, 0.6) is 0 Å². The Hall–Kier alpha value is -0.120. The van der Waals surface area contributed by atoms with E-state index < -0.39 is 0 Å². The molecule has 1 unspecified atom stereocenters. The average molecular weight is 266 g/mol. The Bertz CT molecular complexity index is 276. The Balaban J connectivity index is 1.54. The molecule has 0 aromatic carbocycles. The Morgan fingerprint density at radius 2 is 2.00 bits per heavy atom. The Labute approximate surface area is 118 Å². The summed E-state index contributed by atoms with van der Waals surface area (Å²) in [5, 5.41) is 3.76. The SMILES string of the molecule is CC1CCN(CC2(CNC3CC3)CCCOC2)CC1. The van der Waals surface area contributed by atoms with Crippen LogP contribution in [0.2, 0.25) is 0 Å². The van der Waals surface area contributed by atoms with Crippen molar-refractivity contribution in [2.24, 2.45) is 11.3 Å². The Kier molecular flexibility index (Phi) is 4.45. The fourth-order valence-corrected chi connectivity index (χ4v) is 3.57. The van der Waals surface area contributed by atoms with Crippen molar-refractivity contribution in [3.8, 4) is 0 Å². The minimum Gasteiger partial charge on any atom is -0.381 e. The summed E-state index contributed by atoms with van der Waals surface area (Å²) in [6.45, 7) is 9.36. The molecule has 19 heavy (non-hydrogen) atoms. The maximum absolute atomic E-state index is 5.83. The van der Waals surface area contributed by atoms with Crippen molar-refractivity contribution in [2.75, 3.05) is 39.4 Å². The quantitative estimate of drug-likeness (QED) is 0.826. The summed E-state index contributed by atoms with van der Waals surface area (Å²) in [6, 6.07) is 0.820. The third kappa shape index (κ3) is 3.93. The smallest absolute Gasteiger partial charge is 0.0546 e. The number of likely N-dealkylation sites (tertiary alicyclic amines) is 1. The first kappa shape index (κ1) is 13.8. The van der Waals surface area contributed by atoms with E-state index in [-0.39, 0.29) is 0 Å². The van der Waals surface area contributed by atoms with Gasteiger partial charge >= 0.3 is 0 Å². The molecule has 3 aliphatic rings. The lowest BCUT2D eigenvalue weighted by atomic mass is 9.81. The number of piperidine rings is 1. The molecule has 3 fully saturated rings. The third-order valence-corrected chi connectivity index (χ3v) is 5.18. The highest BCUT2D eigenvalue weighted by Crippen LogP contribution is 2.32. The first-order chi connectivity index (χ1) is 9.26. The maximum Gasteiger partial charge on any atom is 0.0546 e. The standard InChI is InChI=1S/C16H30N2O/c1-14-5-8-18(9-6-14)12-16(7-2-10-19-13-16)11-17-15-3-4-15/h14-15,17H,2-13H2,1H3. The van der Waals surface area contributed by atoms with E-state index >= 15 is 0 Å². The molecule has 1 N–H and O–H groups in total. The van der Waals surface area contributed by atoms with Gasteiger partial charge in [0.05, 0.1) is 6.61 Å². The molecule has 0 amide bonds. The van der Waals surface area contributed by atoms with E-state index in [2.05, 4.69) is 17.1 Å². The summed E-state index contributed by atoms with van der Waals surface area (Å²) in [6.07, 6.45) is 8.13. The molecule has 0 aromatic rings. The summed E-state index contributed by atoms with van der Waals surface area (Å²) in [4.78, 5) is 2.70. The third-order valence-electron chi connectivity index (χ3n) is 5.18. The highest BCUT2D eigenvalue weighted by molar-refractivity contribution is 4.91. The first-order valence-electron chi connectivity index (χ1n) is 8.29. The summed E-state index contributed by atoms with van der Waals surface area (Å²) in [5.41, 5.74) is 0.390. The molecule has 1 aliphatic carbocycles. The number of rotatable bonds is 5. The van der Waals surface area contributed by atoms with E-state index in [9.17, 15) is 0 Å². The molecule has 3 rings (SSSR count). The van der Waals surface area contributed by atoms with E-state index in [1.807, 2.05) is 0 Å². The van der Waals surface area contributed by atoms with Crippen molar-refractivity contribution in [1.29, 1.82) is 0 Å². The Morgan fingerprint density at radius 3 is 2.63 bits per heavy atom. The zero-order chi connectivity index (χ0) is 13.1. The van der Waals surface area contributed by atoms with Gasteiger partial charge in [-0.25, -0.2) is 0 Å². The minimum absolute atomic E-state index is 0.390. The minimum atomic E-state index is 0.390. The summed E-state index contributed by atoms with van der Waals surface area (Å²) < 4.78 is 5.83. The molecule has 2 aliphatic heterocycles. The molecule has 1 saturated carbocycles. The summed E-state index contributed by atoms with van der Waals surface area (Å²) in [7, 11) is 0. The topological polar surface area (TPSA) is 24.5 Å². The van der Waals surface area contributed by atoms with Crippen molar-refractivity contribution < 1.29 is 4.74 Å². The molecule has 1 atom stereocenters. The van der Waals surface area contributed by atoms with E-state index in [1.165, 1.54) is 64.7 Å². The number of ether oxygens (including phenoxy) is 1. The summed E-state index contributed by atoms with van der Waals surface area (Å²) in [5.74, 6) is 0.930. The second-order valence-electron chi connectivity index (χ2n) is 7.27. The molecular weight excluding hydrogens is 236 g/mol. The maximum atomic E-state index is 5.83. The van der Waals surface area contributed by atoms with Crippen molar-refractivity contribution in [3.05, 3.63) is 0 Å². The van der Waals surface area contributed by atoms with Crippen LogP contribution in [0.4, 0.5) is 0 Å². The van der Waals surface area contributed by atoms with Gasteiger partial charge in [-0.3, -0.25) is 0 Å². The molecule has 3 heteroatoms. The highest BCUT2D eigenvalue weighted by atomic mass is 16.5. The van der Waals surface area contributed by atoms with Gasteiger partial charge in [0.15, 0.2) is 0 Å². The fourth-order valence-electron chi connectivity index (χ4n) is 3.57.